The molecule has 2 N–H and O–H groups in total. The van der Waals surface area contributed by atoms with Gasteiger partial charge in [0.05, 0.1) is 12.1 Å². The van der Waals surface area contributed by atoms with E-state index in [4.69, 9.17) is 26.0 Å². The number of hydrogen-bond acceptors (Lipinski definition) is 5. The Morgan fingerprint density at radius 3 is 2.61 bits per heavy atom. The molecular formula is C20H17ClN2O5. The zero-order chi connectivity index (χ0) is 20.1. The molecule has 1 aromatic heterocycles. The molecule has 2 aromatic carbocycles. The van der Waals surface area contributed by atoms with Crippen molar-refractivity contribution < 1.29 is 24.0 Å². The summed E-state index contributed by atoms with van der Waals surface area (Å²) in [6.07, 6.45) is 0.290. The van der Waals surface area contributed by atoms with Crippen LogP contribution in [0.25, 0.3) is 11.3 Å². The van der Waals surface area contributed by atoms with Gasteiger partial charge in [0.15, 0.2) is 0 Å². The van der Waals surface area contributed by atoms with Crippen LogP contribution in [0.15, 0.2) is 59.3 Å². The number of aromatic carboxylic acids is 1. The van der Waals surface area contributed by atoms with Crippen molar-refractivity contribution in [3.05, 3.63) is 76.5 Å². The minimum absolute atomic E-state index is 0.133. The maximum atomic E-state index is 12.1. The number of carbonyl (C=O) groups is 2. The summed E-state index contributed by atoms with van der Waals surface area (Å²) in [7, 11) is 0. The molecule has 8 heteroatoms. The van der Waals surface area contributed by atoms with Crippen LogP contribution in [-0.4, -0.2) is 22.3 Å². The van der Waals surface area contributed by atoms with Gasteiger partial charge in [-0.1, -0.05) is 47.1 Å². The number of hydrogen-bond donors (Lipinski definition) is 2. The summed E-state index contributed by atoms with van der Waals surface area (Å²) >= 11 is 6.11. The molecule has 0 bridgehead atoms. The number of carboxylic acids is 1. The smallest absolute Gasteiger partial charge is 0.408 e. The number of nitrogens with one attached hydrogen (secondary N) is 1. The zero-order valence-corrected chi connectivity index (χ0v) is 15.6. The molecule has 0 radical (unpaired) electrons. The third kappa shape index (κ3) is 4.50. The van der Waals surface area contributed by atoms with Gasteiger partial charge in [-0.2, -0.15) is 0 Å². The Hall–Kier alpha value is -3.32. The summed E-state index contributed by atoms with van der Waals surface area (Å²) in [4.78, 5) is 23.1. The summed E-state index contributed by atoms with van der Waals surface area (Å²) in [5.41, 5.74) is 2.70. The Kier molecular flexibility index (Phi) is 5.96. The highest BCUT2D eigenvalue weighted by Gasteiger charge is 2.16. The fourth-order valence-corrected chi connectivity index (χ4v) is 2.92. The SMILES string of the molecule is C[C@@H](OC(=O)NCc1conc1-c1ccc(C(=O)O)cc1)c1ccccc1Cl. The molecule has 0 unspecified atom stereocenters. The Bertz CT molecular complexity index is 984. The van der Waals surface area contributed by atoms with E-state index in [1.807, 2.05) is 6.07 Å². The number of nitrogens with zero attached hydrogens (tertiary/aromatic N) is 1. The first-order chi connectivity index (χ1) is 13.5. The van der Waals surface area contributed by atoms with Gasteiger partial charge >= 0.3 is 12.1 Å². The molecule has 144 valence electrons. The second-order valence-electron chi connectivity index (χ2n) is 5.99. The van der Waals surface area contributed by atoms with E-state index < -0.39 is 18.2 Å². The number of benzene rings is 2. The van der Waals surface area contributed by atoms with Crippen LogP contribution >= 0.6 is 11.6 Å². The molecule has 1 heterocycles. The Balaban J connectivity index is 1.62. The second-order valence-corrected chi connectivity index (χ2v) is 6.40. The average Bonchev–Trinajstić information content (AvgIpc) is 3.15. The van der Waals surface area contributed by atoms with Gasteiger partial charge in [0, 0.05) is 21.7 Å². The number of rotatable bonds is 6. The molecule has 0 aliphatic rings. The van der Waals surface area contributed by atoms with Gasteiger partial charge in [0.25, 0.3) is 0 Å². The lowest BCUT2D eigenvalue weighted by molar-refractivity contribution is 0.0696. The van der Waals surface area contributed by atoms with Crippen LogP contribution in [0.2, 0.25) is 5.02 Å². The van der Waals surface area contributed by atoms with E-state index in [2.05, 4.69) is 10.5 Å². The molecule has 0 saturated carbocycles. The monoisotopic (exact) mass is 400 g/mol. The predicted molar refractivity (Wildman–Crippen MR) is 102 cm³/mol. The first-order valence-electron chi connectivity index (χ1n) is 8.41. The molecule has 28 heavy (non-hydrogen) atoms. The van der Waals surface area contributed by atoms with Crippen molar-refractivity contribution in [1.29, 1.82) is 0 Å². The van der Waals surface area contributed by atoms with Crippen molar-refractivity contribution in [2.75, 3.05) is 0 Å². The minimum Gasteiger partial charge on any atom is -0.478 e. The number of aromatic nitrogens is 1. The number of alkyl carbamates (subject to hydrolysis) is 1. The van der Waals surface area contributed by atoms with E-state index in [1.54, 1.807) is 37.3 Å². The third-order valence-electron chi connectivity index (χ3n) is 4.10. The lowest BCUT2D eigenvalue weighted by atomic mass is 10.1. The fourth-order valence-electron chi connectivity index (χ4n) is 2.63. The molecule has 1 atom stereocenters. The van der Waals surface area contributed by atoms with Crippen LogP contribution in [0.3, 0.4) is 0 Å². The van der Waals surface area contributed by atoms with Crippen LogP contribution in [0, 0.1) is 0 Å². The fraction of sp³-hybridized carbons (Fsp3) is 0.150. The molecule has 0 aliphatic heterocycles. The maximum absolute atomic E-state index is 12.1. The summed E-state index contributed by atoms with van der Waals surface area (Å²) in [6, 6.07) is 13.3. The molecule has 0 spiro atoms. The molecule has 0 aliphatic carbocycles. The summed E-state index contributed by atoms with van der Waals surface area (Å²) in [6.45, 7) is 1.86. The quantitative estimate of drug-likeness (QED) is 0.622. The molecule has 0 fully saturated rings. The number of carbonyl (C=O) groups excluding carboxylic acids is 1. The third-order valence-corrected chi connectivity index (χ3v) is 4.44. The number of halogens is 1. The van der Waals surface area contributed by atoms with E-state index in [0.29, 0.717) is 27.4 Å². The van der Waals surface area contributed by atoms with Gasteiger partial charge in [0.2, 0.25) is 0 Å². The largest absolute Gasteiger partial charge is 0.478 e. The van der Waals surface area contributed by atoms with Gasteiger partial charge in [-0.3, -0.25) is 0 Å². The van der Waals surface area contributed by atoms with Crippen molar-refractivity contribution in [2.24, 2.45) is 0 Å². The van der Waals surface area contributed by atoms with Gasteiger partial charge in [-0.05, 0) is 25.1 Å². The lowest BCUT2D eigenvalue weighted by Crippen LogP contribution is -2.25. The summed E-state index contributed by atoms with van der Waals surface area (Å²) < 4.78 is 10.4. The standard InChI is InChI=1S/C20H17ClN2O5/c1-12(16-4-2-3-5-17(16)21)28-20(26)22-10-15-11-27-23-18(15)13-6-8-14(9-7-13)19(24)25/h2-9,11-12H,10H2,1H3,(H,22,26)(H,24,25)/t12-/m1/s1. The number of amides is 1. The summed E-state index contributed by atoms with van der Waals surface area (Å²) in [5.74, 6) is -1.01. The number of carboxylic acid groups (broad SMARTS) is 1. The first-order valence-corrected chi connectivity index (χ1v) is 8.79. The van der Waals surface area contributed by atoms with Crippen molar-refractivity contribution in [1.82, 2.24) is 10.5 Å². The first kappa shape index (κ1) is 19.4. The van der Waals surface area contributed by atoms with E-state index >= 15 is 0 Å². The van der Waals surface area contributed by atoms with E-state index in [-0.39, 0.29) is 12.1 Å². The van der Waals surface area contributed by atoms with Gasteiger partial charge in [0.1, 0.15) is 18.1 Å². The minimum atomic E-state index is -1.01. The zero-order valence-electron chi connectivity index (χ0n) is 14.9. The molecule has 7 nitrogen and oxygen atoms in total. The Labute approximate surface area is 165 Å². The van der Waals surface area contributed by atoms with Crippen LogP contribution in [0.5, 0.6) is 0 Å². The Morgan fingerprint density at radius 2 is 1.93 bits per heavy atom. The molecule has 3 aromatic rings. The van der Waals surface area contributed by atoms with E-state index in [9.17, 15) is 9.59 Å². The van der Waals surface area contributed by atoms with Crippen molar-refractivity contribution in [3.8, 4) is 11.3 Å². The highest BCUT2D eigenvalue weighted by Crippen LogP contribution is 2.25. The highest BCUT2D eigenvalue weighted by molar-refractivity contribution is 6.31. The van der Waals surface area contributed by atoms with Crippen LogP contribution in [-0.2, 0) is 11.3 Å². The van der Waals surface area contributed by atoms with Crippen molar-refractivity contribution in [3.63, 3.8) is 0 Å². The molecular weight excluding hydrogens is 384 g/mol. The molecule has 3 rings (SSSR count). The van der Waals surface area contributed by atoms with Crippen LogP contribution in [0.1, 0.15) is 34.5 Å². The molecule has 1 amide bonds. The normalized spacial score (nSPS) is 11.6. The Morgan fingerprint density at radius 1 is 1.21 bits per heavy atom. The second kappa shape index (κ2) is 8.58. The van der Waals surface area contributed by atoms with Gasteiger partial charge < -0.3 is 19.7 Å². The maximum Gasteiger partial charge on any atom is 0.408 e. The van der Waals surface area contributed by atoms with Crippen LogP contribution in [0.4, 0.5) is 4.79 Å². The highest BCUT2D eigenvalue weighted by atomic mass is 35.5. The average molecular weight is 401 g/mol. The molecule has 0 saturated heterocycles. The lowest BCUT2D eigenvalue weighted by Gasteiger charge is -2.15. The van der Waals surface area contributed by atoms with Crippen LogP contribution < -0.4 is 5.32 Å². The van der Waals surface area contributed by atoms with Gasteiger partial charge in [-0.25, -0.2) is 9.59 Å². The van der Waals surface area contributed by atoms with Gasteiger partial charge in [-0.15, -0.1) is 0 Å². The van der Waals surface area contributed by atoms with E-state index in [0.717, 1.165) is 0 Å². The topological polar surface area (TPSA) is 102 Å². The van der Waals surface area contributed by atoms with E-state index in [1.165, 1.54) is 18.4 Å². The predicted octanol–water partition coefficient (Wildman–Crippen LogP) is 4.68. The number of ether oxygens (including phenoxy) is 1. The summed E-state index contributed by atoms with van der Waals surface area (Å²) in [5, 5.41) is 16.1. The van der Waals surface area contributed by atoms with Crippen molar-refractivity contribution in [2.45, 2.75) is 19.6 Å². The van der Waals surface area contributed by atoms with Crippen molar-refractivity contribution >= 4 is 23.7 Å².